The maximum absolute atomic E-state index is 12.9. The number of carbonyl (C=O) groups excluding carboxylic acids is 3. The lowest BCUT2D eigenvalue weighted by molar-refractivity contribution is 0.00592. The minimum atomic E-state index is -0.506. The van der Waals surface area contributed by atoms with Gasteiger partial charge in [0, 0.05) is 37.7 Å². The molecule has 3 aromatic carbocycles. The molecule has 1 unspecified atom stereocenters. The molecule has 1 N–H and O–H groups in total. The van der Waals surface area contributed by atoms with E-state index < -0.39 is 5.97 Å². The summed E-state index contributed by atoms with van der Waals surface area (Å²) >= 11 is 6.11. The normalized spacial score (nSPS) is 14.3. The SMILES string of the molecule is COC(=O)c1ccc(COC(CN2CCN(C(=O)Nc3ccccc3C(=O)OC)CC2)c2ccc(Cl)cc2)cc1. The number of benzene rings is 3. The van der Waals surface area contributed by atoms with Gasteiger partial charge in [-0.2, -0.15) is 0 Å². The highest BCUT2D eigenvalue weighted by Crippen LogP contribution is 2.24. The molecule has 2 amide bonds. The van der Waals surface area contributed by atoms with Gasteiger partial charge in [-0.3, -0.25) is 4.90 Å². The number of rotatable bonds is 9. The number of esters is 2. The lowest BCUT2D eigenvalue weighted by Gasteiger charge is -2.36. The van der Waals surface area contributed by atoms with Crippen LogP contribution in [-0.2, 0) is 20.8 Å². The third kappa shape index (κ3) is 7.59. The van der Waals surface area contributed by atoms with E-state index in [1.807, 2.05) is 36.4 Å². The first-order valence-corrected chi connectivity index (χ1v) is 13.3. The summed E-state index contributed by atoms with van der Waals surface area (Å²) in [6.45, 7) is 3.35. The van der Waals surface area contributed by atoms with Crippen LogP contribution in [0.2, 0.25) is 5.02 Å². The Kier molecular flexibility index (Phi) is 10.1. The van der Waals surface area contributed by atoms with Gasteiger partial charge in [0.15, 0.2) is 0 Å². The number of nitrogens with zero attached hydrogens (tertiary/aromatic N) is 2. The van der Waals surface area contributed by atoms with E-state index in [9.17, 15) is 14.4 Å². The largest absolute Gasteiger partial charge is 0.465 e. The molecule has 0 spiro atoms. The number of ether oxygens (including phenoxy) is 3. The second kappa shape index (κ2) is 13.9. The standard InChI is InChI=1S/C30H32ClN3O6/c1-38-28(35)23-9-7-21(8-10-23)20-40-27(22-11-13-24(31)14-12-22)19-33-15-17-34(18-16-33)30(37)32-26-6-4-3-5-25(26)29(36)39-2/h3-14,27H,15-20H2,1-2H3,(H,32,37). The quantitative estimate of drug-likeness (QED) is 0.364. The monoisotopic (exact) mass is 565 g/mol. The molecule has 1 atom stereocenters. The second-order valence-corrected chi connectivity index (χ2v) is 9.73. The van der Waals surface area contributed by atoms with Gasteiger partial charge in [0.05, 0.1) is 43.7 Å². The summed E-state index contributed by atoms with van der Waals surface area (Å²) in [5.74, 6) is -0.889. The molecule has 1 heterocycles. The van der Waals surface area contributed by atoms with Crippen LogP contribution in [0.4, 0.5) is 10.5 Å². The maximum Gasteiger partial charge on any atom is 0.339 e. The Morgan fingerprint density at radius 1 is 0.850 bits per heavy atom. The summed E-state index contributed by atoms with van der Waals surface area (Å²) in [5.41, 5.74) is 3.13. The summed E-state index contributed by atoms with van der Waals surface area (Å²) < 4.78 is 15.9. The van der Waals surface area contributed by atoms with Crippen molar-refractivity contribution < 1.29 is 28.6 Å². The van der Waals surface area contributed by atoms with Crippen molar-refractivity contribution in [2.75, 3.05) is 52.3 Å². The Morgan fingerprint density at radius 2 is 1.50 bits per heavy atom. The van der Waals surface area contributed by atoms with E-state index in [-0.39, 0.29) is 18.1 Å². The van der Waals surface area contributed by atoms with Crippen molar-refractivity contribution in [3.05, 3.63) is 100 Å². The zero-order chi connectivity index (χ0) is 28.5. The number of piperazine rings is 1. The van der Waals surface area contributed by atoms with Crippen LogP contribution in [0.3, 0.4) is 0 Å². The summed E-state index contributed by atoms with van der Waals surface area (Å²) in [4.78, 5) is 40.7. The fourth-order valence-corrected chi connectivity index (χ4v) is 4.55. The molecule has 4 rings (SSSR count). The predicted molar refractivity (Wildman–Crippen MR) is 152 cm³/mol. The van der Waals surface area contributed by atoms with Gasteiger partial charge in [0.2, 0.25) is 0 Å². The lowest BCUT2D eigenvalue weighted by Crippen LogP contribution is -2.51. The molecule has 3 aromatic rings. The molecule has 1 saturated heterocycles. The first-order chi connectivity index (χ1) is 19.4. The van der Waals surface area contributed by atoms with Crippen LogP contribution < -0.4 is 5.32 Å². The number of halogens is 1. The van der Waals surface area contributed by atoms with Gasteiger partial charge >= 0.3 is 18.0 Å². The summed E-state index contributed by atoms with van der Waals surface area (Å²) in [7, 11) is 2.66. The third-order valence-corrected chi connectivity index (χ3v) is 6.98. The highest BCUT2D eigenvalue weighted by atomic mass is 35.5. The molecule has 0 radical (unpaired) electrons. The van der Waals surface area contributed by atoms with Crippen molar-refractivity contribution in [1.82, 2.24) is 9.80 Å². The Balaban J connectivity index is 1.36. The van der Waals surface area contributed by atoms with E-state index in [0.29, 0.717) is 61.2 Å². The zero-order valence-corrected chi connectivity index (χ0v) is 23.2. The number of para-hydroxylation sites is 1. The maximum atomic E-state index is 12.9. The second-order valence-electron chi connectivity index (χ2n) is 9.29. The summed E-state index contributed by atoms with van der Waals surface area (Å²) in [6, 6.07) is 21.2. The topological polar surface area (TPSA) is 97.4 Å². The van der Waals surface area contributed by atoms with Crippen LogP contribution in [0.5, 0.6) is 0 Å². The van der Waals surface area contributed by atoms with Gasteiger partial charge in [-0.25, -0.2) is 14.4 Å². The van der Waals surface area contributed by atoms with Crippen LogP contribution in [0, 0.1) is 0 Å². The van der Waals surface area contributed by atoms with Gasteiger partial charge in [-0.1, -0.05) is 48.0 Å². The number of anilines is 1. The van der Waals surface area contributed by atoms with Crippen molar-refractivity contribution >= 4 is 35.3 Å². The van der Waals surface area contributed by atoms with Crippen LogP contribution in [-0.4, -0.2) is 74.7 Å². The van der Waals surface area contributed by atoms with E-state index in [2.05, 4.69) is 10.2 Å². The molecule has 0 aromatic heterocycles. The Hall–Kier alpha value is -3.92. The molecule has 1 aliphatic heterocycles. The first-order valence-electron chi connectivity index (χ1n) is 12.9. The number of nitrogens with one attached hydrogen (secondary N) is 1. The highest BCUT2D eigenvalue weighted by Gasteiger charge is 2.25. The van der Waals surface area contributed by atoms with Crippen LogP contribution in [0.25, 0.3) is 0 Å². The Bertz CT molecular complexity index is 1310. The molecular formula is C30H32ClN3O6. The van der Waals surface area contributed by atoms with Gasteiger partial charge in [-0.15, -0.1) is 0 Å². The van der Waals surface area contributed by atoms with Crippen molar-refractivity contribution in [2.45, 2.75) is 12.7 Å². The van der Waals surface area contributed by atoms with Gasteiger partial charge < -0.3 is 24.4 Å². The smallest absolute Gasteiger partial charge is 0.339 e. The van der Waals surface area contributed by atoms with Crippen molar-refractivity contribution in [3.8, 4) is 0 Å². The average Bonchev–Trinajstić information content (AvgIpc) is 2.99. The van der Waals surface area contributed by atoms with Gasteiger partial charge in [-0.05, 0) is 47.5 Å². The van der Waals surface area contributed by atoms with Gasteiger partial charge in [0.1, 0.15) is 0 Å². The van der Waals surface area contributed by atoms with Gasteiger partial charge in [0.25, 0.3) is 0 Å². The van der Waals surface area contributed by atoms with Crippen LogP contribution in [0.15, 0.2) is 72.8 Å². The Labute approximate surface area is 238 Å². The fourth-order valence-electron chi connectivity index (χ4n) is 4.43. The zero-order valence-electron chi connectivity index (χ0n) is 22.5. The number of carbonyl (C=O) groups is 3. The molecule has 0 saturated carbocycles. The average molecular weight is 566 g/mol. The number of hydrogen-bond donors (Lipinski definition) is 1. The van der Waals surface area contributed by atoms with Crippen molar-refractivity contribution in [1.29, 1.82) is 0 Å². The molecule has 40 heavy (non-hydrogen) atoms. The minimum absolute atomic E-state index is 0.232. The van der Waals surface area contributed by atoms with Crippen LogP contribution >= 0.6 is 11.6 Å². The fraction of sp³-hybridized carbons (Fsp3) is 0.300. The van der Waals surface area contributed by atoms with Crippen molar-refractivity contribution in [3.63, 3.8) is 0 Å². The number of amides is 2. The van der Waals surface area contributed by atoms with Crippen molar-refractivity contribution in [2.24, 2.45) is 0 Å². The van der Waals surface area contributed by atoms with E-state index in [0.717, 1.165) is 11.1 Å². The summed E-state index contributed by atoms with van der Waals surface area (Å²) in [5, 5.41) is 3.48. The molecule has 210 valence electrons. The lowest BCUT2D eigenvalue weighted by atomic mass is 10.1. The van der Waals surface area contributed by atoms with E-state index in [1.165, 1.54) is 14.2 Å². The van der Waals surface area contributed by atoms with Crippen LogP contribution in [0.1, 0.15) is 37.9 Å². The molecule has 10 heteroatoms. The molecule has 1 aliphatic rings. The highest BCUT2D eigenvalue weighted by molar-refractivity contribution is 6.30. The van der Waals surface area contributed by atoms with E-state index >= 15 is 0 Å². The predicted octanol–water partition coefficient (Wildman–Crippen LogP) is 5.02. The minimum Gasteiger partial charge on any atom is -0.465 e. The number of urea groups is 1. The first kappa shape index (κ1) is 29.1. The molecule has 0 bridgehead atoms. The molecule has 0 aliphatic carbocycles. The number of hydrogen-bond acceptors (Lipinski definition) is 7. The van der Waals surface area contributed by atoms with E-state index in [4.69, 9.17) is 25.8 Å². The number of methoxy groups -OCH3 is 2. The summed E-state index contributed by atoms with van der Waals surface area (Å²) in [6.07, 6.45) is -0.232. The van der Waals surface area contributed by atoms with E-state index in [1.54, 1.807) is 41.3 Å². The molecular weight excluding hydrogens is 534 g/mol. The Morgan fingerprint density at radius 3 is 2.15 bits per heavy atom. The molecule has 9 nitrogen and oxygen atoms in total. The third-order valence-electron chi connectivity index (χ3n) is 6.73. The molecule has 1 fully saturated rings.